The van der Waals surface area contributed by atoms with E-state index in [0.717, 1.165) is 50.5 Å². The topological polar surface area (TPSA) is 81.4 Å². The summed E-state index contributed by atoms with van der Waals surface area (Å²) in [6, 6.07) is 22.9. The highest BCUT2D eigenvalue weighted by molar-refractivity contribution is 6.38. The Balaban J connectivity index is 0.000000272. The van der Waals surface area contributed by atoms with E-state index in [0.29, 0.717) is 26.9 Å². The summed E-state index contributed by atoms with van der Waals surface area (Å²) in [4.78, 5) is 26.6. The number of benzene rings is 4. The van der Waals surface area contributed by atoms with Crippen LogP contribution in [0.25, 0.3) is 17.7 Å². The van der Waals surface area contributed by atoms with Crippen molar-refractivity contribution in [1.82, 2.24) is 0 Å². The van der Waals surface area contributed by atoms with Crippen LogP contribution in [0, 0.1) is 16.4 Å². The number of fused-ring (bicyclic) bond motifs is 5. The van der Waals surface area contributed by atoms with Gasteiger partial charge in [0.2, 0.25) is 0 Å². The molecule has 226 valence electrons. The summed E-state index contributed by atoms with van der Waals surface area (Å²) in [5, 5.41) is 7.71. The molecule has 5 nitrogen and oxygen atoms in total. The molecular weight excluding hydrogens is 603 g/mol. The lowest BCUT2D eigenvalue weighted by Gasteiger charge is -2.27. The lowest BCUT2D eigenvalue weighted by atomic mass is 9.76. The van der Waals surface area contributed by atoms with Gasteiger partial charge in [0.25, 0.3) is 0 Å². The summed E-state index contributed by atoms with van der Waals surface area (Å²) in [6.45, 7) is 2.06. The van der Waals surface area contributed by atoms with Crippen molar-refractivity contribution in [2.24, 2.45) is 5.92 Å². The number of carbonyl (C=O) groups is 2. The number of hydrogen-bond acceptors (Lipinski definition) is 5. The fraction of sp³-hybridized carbons (Fsp3) is 0.158. The third-order valence-electron chi connectivity index (χ3n) is 8.58. The Bertz CT molecular complexity index is 2140. The van der Waals surface area contributed by atoms with Gasteiger partial charge >= 0.3 is 5.97 Å². The highest BCUT2D eigenvalue weighted by Gasteiger charge is 2.31. The van der Waals surface area contributed by atoms with Crippen LogP contribution in [0.5, 0.6) is 0 Å². The van der Waals surface area contributed by atoms with Crippen molar-refractivity contribution >= 4 is 64.1 Å². The predicted octanol–water partition coefficient (Wildman–Crippen LogP) is 7.17. The zero-order valence-electron chi connectivity index (χ0n) is 24.9. The zero-order valence-corrected chi connectivity index (χ0v) is 26.5. The van der Waals surface area contributed by atoms with Crippen molar-refractivity contribution in [3.8, 4) is 0 Å². The van der Waals surface area contributed by atoms with Crippen molar-refractivity contribution in [2.45, 2.75) is 25.7 Å². The second-order valence-electron chi connectivity index (χ2n) is 11.3. The molecule has 0 amide bonds. The number of rotatable bonds is 3. The van der Waals surface area contributed by atoms with Gasteiger partial charge in [0.15, 0.2) is 5.78 Å². The number of para-hydroxylation sites is 1. The number of esters is 1. The quantitative estimate of drug-likeness (QED) is 0.142. The normalized spacial score (nSPS) is 17.1. The highest BCUT2D eigenvalue weighted by Crippen LogP contribution is 2.34. The number of ketones is 1. The summed E-state index contributed by atoms with van der Waals surface area (Å²) >= 11 is 12.9. The number of Topliss-reactive ketones (excluding diaryl/α,β-unsaturated/α-hetero) is 1. The lowest BCUT2D eigenvalue weighted by molar-refractivity contribution is -0.140. The fourth-order valence-corrected chi connectivity index (χ4v) is 6.90. The van der Waals surface area contributed by atoms with Crippen LogP contribution in [0.4, 0.5) is 11.4 Å². The van der Waals surface area contributed by atoms with Gasteiger partial charge in [0.05, 0.1) is 12.1 Å². The molecule has 2 aliphatic carbocycles. The van der Waals surface area contributed by atoms with E-state index in [9.17, 15) is 9.59 Å². The number of nitrogens with one attached hydrogen (secondary N) is 1. The van der Waals surface area contributed by atoms with Gasteiger partial charge in [-0.2, -0.15) is 0 Å². The third-order valence-corrected chi connectivity index (χ3v) is 9.22. The first-order valence-electron chi connectivity index (χ1n) is 14.8. The van der Waals surface area contributed by atoms with Crippen LogP contribution in [0.1, 0.15) is 46.3 Å². The first-order valence-corrected chi connectivity index (χ1v) is 15.6. The largest absolute Gasteiger partial charge is 0.468 e. The minimum absolute atomic E-state index is 0.0394. The first-order chi connectivity index (χ1) is 21.8. The minimum Gasteiger partial charge on any atom is -0.468 e. The monoisotopic (exact) mass is 634 g/mol. The lowest BCUT2D eigenvalue weighted by Crippen LogP contribution is -2.32. The molecule has 0 radical (unpaired) electrons. The van der Waals surface area contributed by atoms with E-state index in [-0.39, 0.29) is 17.7 Å². The molecule has 2 atom stereocenters. The molecule has 2 unspecified atom stereocenters. The van der Waals surface area contributed by atoms with Gasteiger partial charge in [-0.1, -0.05) is 90.8 Å². The number of hydrogen-bond donors (Lipinski definition) is 2. The van der Waals surface area contributed by atoms with Crippen molar-refractivity contribution in [2.75, 3.05) is 18.2 Å². The molecule has 4 aromatic rings. The maximum Gasteiger partial charge on any atom is 0.317 e. The molecule has 1 aliphatic heterocycles. The van der Waals surface area contributed by atoms with Gasteiger partial charge in [-0.25, -0.2) is 0 Å². The van der Waals surface area contributed by atoms with Crippen molar-refractivity contribution in [1.29, 1.82) is 0 Å². The van der Waals surface area contributed by atoms with E-state index in [1.807, 2.05) is 66.9 Å². The van der Waals surface area contributed by atoms with Crippen LogP contribution >= 0.6 is 23.2 Å². The third kappa shape index (κ3) is 5.82. The van der Waals surface area contributed by atoms with Crippen LogP contribution in [-0.4, -0.2) is 18.9 Å². The second-order valence-corrected chi connectivity index (χ2v) is 12.1. The summed E-state index contributed by atoms with van der Waals surface area (Å²) < 4.78 is 5.17. The summed E-state index contributed by atoms with van der Waals surface area (Å²) in [6.07, 6.45) is 11.5. The van der Waals surface area contributed by atoms with Crippen LogP contribution < -0.4 is 21.5 Å². The number of carbonyl (C=O) groups excluding carboxylic acids is 2. The average Bonchev–Trinajstić information content (AvgIpc) is 3.30. The second kappa shape index (κ2) is 12.8. The van der Waals surface area contributed by atoms with E-state index in [1.54, 1.807) is 18.2 Å². The fourth-order valence-electron chi connectivity index (χ4n) is 6.38. The standard InChI is InChI=1S/C28H23Cl2NO3.C10H9N/c1-14-6-8-19-18(25(14)27(32)20-9-7-15(31)12-24(20)30)11-10-17-16-4-3-5-23(29)21(16)13-22(26(17)19)28(33)34-2;1-2-7-10-9(5-1)6-3-4-8-11-10/h3-5,7,9-14,22H,6,8,31H2,1-2H3;1-8,11H. The molecule has 7 heteroatoms. The van der Waals surface area contributed by atoms with Crippen LogP contribution in [0.15, 0.2) is 91.1 Å². The van der Waals surface area contributed by atoms with E-state index in [1.165, 1.54) is 12.7 Å². The van der Waals surface area contributed by atoms with Gasteiger partial charge in [0, 0.05) is 33.7 Å². The molecule has 3 N–H and O–H groups in total. The van der Waals surface area contributed by atoms with E-state index in [2.05, 4.69) is 30.4 Å². The summed E-state index contributed by atoms with van der Waals surface area (Å²) in [5.41, 5.74) is 11.8. The Labute approximate surface area is 271 Å². The molecule has 0 saturated heterocycles. The van der Waals surface area contributed by atoms with Gasteiger partial charge in [-0.05, 0) is 92.7 Å². The Morgan fingerprint density at radius 3 is 2.51 bits per heavy atom. The number of allylic oxidation sites excluding steroid dienone is 2. The van der Waals surface area contributed by atoms with Crippen molar-refractivity contribution in [3.05, 3.63) is 144 Å². The number of halogens is 2. The van der Waals surface area contributed by atoms with Gasteiger partial charge < -0.3 is 15.8 Å². The number of ether oxygens (including phenoxy) is 1. The Morgan fingerprint density at radius 2 is 1.71 bits per heavy atom. The SMILES string of the molecule is C1=CNc2ccccc2C=C1.COC(=O)C1C=c2c(Cl)cccc2=c2ccc3c(c21)CCC(C)C=3C(=O)c1ccc(N)cc1Cl. The van der Waals surface area contributed by atoms with Crippen molar-refractivity contribution in [3.63, 3.8) is 0 Å². The molecule has 1 heterocycles. The van der Waals surface area contributed by atoms with Gasteiger partial charge in [-0.3, -0.25) is 9.59 Å². The highest BCUT2D eigenvalue weighted by atomic mass is 35.5. The van der Waals surface area contributed by atoms with E-state index in [4.69, 9.17) is 33.7 Å². The Kier molecular flexibility index (Phi) is 8.66. The van der Waals surface area contributed by atoms with Crippen LogP contribution in [-0.2, 0) is 16.0 Å². The summed E-state index contributed by atoms with van der Waals surface area (Å²) in [7, 11) is 1.39. The number of nitrogen functional groups attached to an aromatic ring is 1. The molecule has 45 heavy (non-hydrogen) atoms. The molecule has 0 spiro atoms. The first kappa shape index (κ1) is 30.4. The molecule has 3 aliphatic rings. The van der Waals surface area contributed by atoms with E-state index >= 15 is 0 Å². The Hall–Kier alpha value is -4.58. The maximum absolute atomic E-state index is 13.7. The molecule has 0 aromatic heterocycles. The smallest absolute Gasteiger partial charge is 0.317 e. The average molecular weight is 636 g/mol. The van der Waals surface area contributed by atoms with Gasteiger partial charge in [-0.15, -0.1) is 0 Å². The zero-order chi connectivity index (χ0) is 31.7. The predicted molar refractivity (Wildman–Crippen MR) is 183 cm³/mol. The molecule has 7 rings (SSSR count). The molecule has 4 aromatic carbocycles. The molecular formula is C38H32Cl2N2O3. The summed E-state index contributed by atoms with van der Waals surface area (Å²) in [5.74, 6) is -1.03. The number of nitrogens with two attached hydrogens (primary N) is 1. The van der Waals surface area contributed by atoms with E-state index < -0.39 is 5.92 Å². The van der Waals surface area contributed by atoms with Crippen molar-refractivity contribution < 1.29 is 14.3 Å². The molecule has 0 fully saturated rings. The maximum atomic E-state index is 13.7. The van der Waals surface area contributed by atoms with Gasteiger partial charge in [0.1, 0.15) is 5.92 Å². The number of anilines is 2. The molecule has 0 saturated carbocycles. The molecule has 0 bridgehead atoms. The van der Waals surface area contributed by atoms with Crippen LogP contribution in [0.2, 0.25) is 10.0 Å². The number of methoxy groups -OCH3 is 1. The Morgan fingerprint density at radius 1 is 0.911 bits per heavy atom. The minimum atomic E-state index is -0.604. The van der Waals surface area contributed by atoms with Crippen LogP contribution in [0.3, 0.4) is 0 Å².